The van der Waals surface area contributed by atoms with Crippen molar-refractivity contribution >= 4 is 17.3 Å². The van der Waals surface area contributed by atoms with Crippen LogP contribution in [0, 0.1) is 0 Å². The highest BCUT2D eigenvalue weighted by molar-refractivity contribution is 6.30. The van der Waals surface area contributed by atoms with Crippen molar-refractivity contribution in [3.8, 4) is 5.75 Å². The number of fused-ring (bicyclic) bond motifs is 4. The Balaban J connectivity index is 1.57. The van der Waals surface area contributed by atoms with Crippen LogP contribution in [0.25, 0.3) is 0 Å². The molecule has 0 saturated carbocycles. The molecule has 0 radical (unpaired) electrons. The highest BCUT2D eigenvalue weighted by Crippen LogP contribution is 2.49. The molecule has 0 unspecified atom stereocenters. The molecule has 3 heterocycles. The van der Waals surface area contributed by atoms with Crippen molar-refractivity contribution in [2.75, 3.05) is 20.1 Å². The van der Waals surface area contributed by atoms with Gasteiger partial charge in [0.1, 0.15) is 5.75 Å². The molecule has 2 aromatic carbocycles. The van der Waals surface area contributed by atoms with Crippen LogP contribution < -0.4 is 9.64 Å². The smallest absolute Gasteiger partial charge is 0.208 e. The molecule has 0 aromatic heterocycles. The fraction of sp³-hybridized carbons (Fsp3) is 0.381. The molecular formula is C21H23ClN3O+. The number of hydrogen-bond donors (Lipinski definition) is 1. The van der Waals surface area contributed by atoms with Crippen LogP contribution >= 0.6 is 11.6 Å². The van der Waals surface area contributed by atoms with E-state index < -0.39 is 0 Å². The van der Waals surface area contributed by atoms with Crippen LogP contribution in [0.4, 0.5) is 0 Å². The fourth-order valence-electron chi connectivity index (χ4n) is 4.44. The van der Waals surface area contributed by atoms with E-state index in [0.29, 0.717) is 0 Å². The number of halogens is 1. The van der Waals surface area contributed by atoms with E-state index in [9.17, 15) is 0 Å². The number of benzene rings is 2. The third kappa shape index (κ3) is 2.51. The third-order valence-corrected chi connectivity index (χ3v) is 6.22. The van der Waals surface area contributed by atoms with Crippen LogP contribution in [-0.4, -0.2) is 36.6 Å². The van der Waals surface area contributed by atoms with Crippen molar-refractivity contribution in [1.29, 1.82) is 0 Å². The summed E-state index contributed by atoms with van der Waals surface area (Å²) in [7, 11) is 2.26. The molecule has 26 heavy (non-hydrogen) atoms. The maximum Gasteiger partial charge on any atom is 0.208 e. The van der Waals surface area contributed by atoms with Gasteiger partial charge < -0.3 is 9.64 Å². The maximum atomic E-state index is 6.61. The summed E-state index contributed by atoms with van der Waals surface area (Å²) in [6.07, 6.45) is 2.91. The zero-order chi connectivity index (χ0) is 17.7. The van der Waals surface area contributed by atoms with Gasteiger partial charge in [-0.2, -0.15) is 5.10 Å². The number of nitrogens with one attached hydrogen (secondary N) is 1. The van der Waals surface area contributed by atoms with Crippen molar-refractivity contribution in [2.45, 2.75) is 31.0 Å². The van der Waals surface area contributed by atoms with Crippen LogP contribution in [0.2, 0.25) is 5.02 Å². The summed E-state index contributed by atoms with van der Waals surface area (Å²) in [5, 5.41) is 8.11. The number of para-hydroxylation sites is 1. The Kier molecular flexibility index (Phi) is 3.73. The number of likely N-dealkylation sites (tertiary alicyclic amines) is 1. The molecule has 1 fully saturated rings. The number of piperidine rings is 1. The van der Waals surface area contributed by atoms with Gasteiger partial charge in [0, 0.05) is 17.0 Å². The predicted molar refractivity (Wildman–Crippen MR) is 103 cm³/mol. The molecule has 3 aliphatic rings. The lowest BCUT2D eigenvalue weighted by Crippen LogP contribution is -3.11. The third-order valence-electron chi connectivity index (χ3n) is 5.97. The summed E-state index contributed by atoms with van der Waals surface area (Å²) >= 11 is 6.06. The standard InChI is InChI=1S/C21H22ClN3O/c1-24-12-10-21(11-13-24)25-19(17-4-2-3-5-20(17)26-21)14-18(23-25)15-6-8-16(22)9-7-15/h2-9,19H,10-14H2,1H3/p+1/t19-/m1/s1. The minimum absolute atomic E-state index is 0.254. The highest BCUT2D eigenvalue weighted by atomic mass is 35.5. The second-order valence-electron chi connectivity index (χ2n) is 7.66. The molecule has 134 valence electrons. The molecule has 0 bridgehead atoms. The first-order chi connectivity index (χ1) is 12.6. The first-order valence-corrected chi connectivity index (χ1v) is 9.74. The topological polar surface area (TPSA) is 29.3 Å². The molecule has 1 atom stereocenters. The van der Waals surface area contributed by atoms with E-state index in [1.165, 1.54) is 5.56 Å². The quantitative estimate of drug-likeness (QED) is 0.838. The van der Waals surface area contributed by atoms with Gasteiger partial charge in [-0.25, -0.2) is 5.01 Å². The second-order valence-corrected chi connectivity index (χ2v) is 8.10. The van der Waals surface area contributed by atoms with E-state index in [-0.39, 0.29) is 11.8 Å². The molecule has 2 aromatic rings. The average Bonchev–Trinajstić information content (AvgIpc) is 3.12. The van der Waals surface area contributed by atoms with E-state index in [1.807, 2.05) is 12.1 Å². The summed E-state index contributed by atoms with van der Waals surface area (Å²) in [6.45, 7) is 2.22. The minimum Gasteiger partial charge on any atom is -0.466 e. The lowest BCUT2D eigenvalue weighted by molar-refractivity contribution is -0.888. The Morgan fingerprint density at radius 2 is 1.85 bits per heavy atom. The summed E-state index contributed by atoms with van der Waals surface area (Å²) < 4.78 is 6.61. The molecule has 5 rings (SSSR count). The zero-order valence-corrected chi connectivity index (χ0v) is 15.7. The minimum atomic E-state index is -0.313. The van der Waals surface area contributed by atoms with E-state index in [2.05, 4.69) is 48.5 Å². The Hall–Kier alpha value is -2.04. The molecule has 1 saturated heterocycles. The number of nitrogens with zero attached hydrogens (tertiary/aromatic N) is 2. The van der Waals surface area contributed by atoms with Crippen molar-refractivity contribution in [3.63, 3.8) is 0 Å². The summed E-state index contributed by atoms with van der Waals surface area (Å²) in [5.41, 5.74) is 3.21. The van der Waals surface area contributed by atoms with Gasteiger partial charge in [0.25, 0.3) is 0 Å². The predicted octanol–water partition coefficient (Wildman–Crippen LogP) is 2.89. The first-order valence-electron chi connectivity index (χ1n) is 9.37. The van der Waals surface area contributed by atoms with E-state index in [4.69, 9.17) is 21.4 Å². The Labute approximate surface area is 159 Å². The van der Waals surface area contributed by atoms with Gasteiger partial charge >= 0.3 is 0 Å². The lowest BCUT2D eigenvalue weighted by Gasteiger charge is -2.49. The summed E-state index contributed by atoms with van der Waals surface area (Å²) in [6, 6.07) is 16.7. The number of hydrazone groups is 1. The largest absolute Gasteiger partial charge is 0.466 e. The number of ether oxygens (including phenoxy) is 1. The Morgan fingerprint density at radius 3 is 2.62 bits per heavy atom. The summed E-state index contributed by atoms with van der Waals surface area (Å²) in [5.74, 6) is 1.03. The van der Waals surface area contributed by atoms with Crippen LogP contribution in [0.1, 0.15) is 36.4 Å². The Bertz CT molecular complexity index is 856. The van der Waals surface area contributed by atoms with Crippen LogP contribution in [0.15, 0.2) is 53.6 Å². The van der Waals surface area contributed by atoms with Gasteiger partial charge in [-0.1, -0.05) is 41.9 Å². The molecule has 0 amide bonds. The molecule has 4 nitrogen and oxygen atoms in total. The van der Waals surface area contributed by atoms with Crippen molar-refractivity contribution < 1.29 is 9.64 Å². The van der Waals surface area contributed by atoms with Crippen molar-refractivity contribution in [1.82, 2.24) is 5.01 Å². The number of rotatable bonds is 1. The second kappa shape index (κ2) is 6.00. The summed E-state index contributed by atoms with van der Waals surface area (Å²) in [4.78, 5) is 1.57. The van der Waals surface area contributed by atoms with E-state index in [0.717, 1.165) is 54.4 Å². The maximum absolute atomic E-state index is 6.61. The molecule has 1 N–H and O–H groups in total. The zero-order valence-electron chi connectivity index (χ0n) is 14.9. The van der Waals surface area contributed by atoms with Gasteiger partial charge in [0.05, 0.1) is 44.7 Å². The molecule has 1 spiro atoms. The Morgan fingerprint density at radius 1 is 1.12 bits per heavy atom. The highest BCUT2D eigenvalue weighted by Gasteiger charge is 2.52. The van der Waals surface area contributed by atoms with Gasteiger partial charge in [-0.3, -0.25) is 0 Å². The normalized spacial score (nSPS) is 29.8. The van der Waals surface area contributed by atoms with Crippen molar-refractivity contribution in [2.24, 2.45) is 5.10 Å². The van der Waals surface area contributed by atoms with Gasteiger partial charge in [-0.15, -0.1) is 0 Å². The SMILES string of the molecule is C[NH+]1CCC2(CC1)Oc1ccccc1[C@H]1CC(c3ccc(Cl)cc3)=NN12. The molecular weight excluding hydrogens is 346 g/mol. The van der Waals surface area contributed by atoms with Gasteiger partial charge in [0.15, 0.2) is 0 Å². The first kappa shape index (κ1) is 16.2. The number of hydrogen-bond acceptors (Lipinski definition) is 3. The molecule has 5 heteroatoms. The van der Waals surface area contributed by atoms with Gasteiger partial charge in [-0.05, 0) is 23.8 Å². The van der Waals surface area contributed by atoms with Gasteiger partial charge in [0.2, 0.25) is 5.72 Å². The van der Waals surface area contributed by atoms with Crippen LogP contribution in [-0.2, 0) is 0 Å². The van der Waals surface area contributed by atoms with E-state index in [1.54, 1.807) is 4.90 Å². The monoisotopic (exact) mass is 368 g/mol. The number of quaternary nitrogens is 1. The van der Waals surface area contributed by atoms with E-state index >= 15 is 0 Å². The fourth-order valence-corrected chi connectivity index (χ4v) is 4.57. The van der Waals surface area contributed by atoms with Crippen LogP contribution in [0.5, 0.6) is 5.75 Å². The average molecular weight is 369 g/mol. The molecule has 3 aliphatic heterocycles. The van der Waals surface area contributed by atoms with Crippen molar-refractivity contribution in [3.05, 3.63) is 64.7 Å². The lowest BCUT2D eigenvalue weighted by atomic mass is 9.91. The molecule has 0 aliphatic carbocycles. The van der Waals surface area contributed by atoms with Crippen LogP contribution in [0.3, 0.4) is 0 Å².